The average molecular weight is 986 g/mol. The molecule has 7 rings (SSSR count). The molecular formula is C56H87N7O8. The number of carbonyl (C=O) groups excluding carboxylic acids is 7. The van der Waals surface area contributed by atoms with Crippen molar-refractivity contribution in [2.75, 3.05) is 26.7 Å². The third-order valence-electron chi connectivity index (χ3n) is 18.3. The number of hydrogen-bond donors (Lipinski definition) is 4. The van der Waals surface area contributed by atoms with Crippen molar-refractivity contribution in [3.05, 3.63) is 35.7 Å². The van der Waals surface area contributed by atoms with E-state index in [4.69, 9.17) is 10.5 Å². The smallest absolute Gasteiger partial charge is 0.325 e. The molecule has 5 N–H and O–H groups in total. The summed E-state index contributed by atoms with van der Waals surface area (Å²) in [5.41, 5.74) is 8.02. The van der Waals surface area contributed by atoms with Crippen molar-refractivity contribution in [3.8, 4) is 0 Å². The summed E-state index contributed by atoms with van der Waals surface area (Å²) in [4.78, 5) is 99.6. The lowest BCUT2D eigenvalue weighted by Gasteiger charge is -2.58. The second-order valence-corrected chi connectivity index (χ2v) is 24.0. The maximum atomic E-state index is 14.3. The Balaban J connectivity index is 0.919. The second kappa shape index (κ2) is 23.0. The molecule has 2 saturated heterocycles. The van der Waals surface area contributed by atoms with E-state index in [9.17, 15) is 33.6 Å². The minimum atomic E-state index is -1.22. The number of rotatable bonds is 19. The van der Waals surface area contributed by atoms with Crippen LogP contribution in [0.1, 0.15) is 164 Å². The number of nitrogens with two attached hydrogens (primary N) is 1. The predicted octanol–water partition coefficient (Wildman–Crippen LogP) is 6.66. The second-order valence-electron chi connectivity index (χ2n) is 24.0. The minimum absolute atomic E-state index is 0.0382. The van der Waals surface area contributed by atoms with Gasteiger partial charge in [-0.15, -0.1) is 0 Å². The zero-order chi connectivity index (χ0) is 51.4. The first-order valence-electron chi connectivity index (χ1n) is 27.5. The van der Waals surface area contributed by atoms with Gasteiger partial charge in [0.05, 0.1) is 0 Å². The van der Waals surface area contributed by atoms with E-state index in [2.05, 4.69) is 56.6 Å². The standard InChI is InChI=1S/C56H87N7O8/c1-34(2)15-16-36(5)41-19-20-42-40-18-17-38-31-39(23-25-55(38,6)43(40)24-26-56(41,42)7)71-49(65)32-58-51(67)46-13-10-29-63(46)54(70)45(30-35(3)4)60-50(66)44(21-22-48(57)64)59-52(68)47-14-11-28-62(47)53(69)37-12-9-27-61(8)33-37/h9,17,27,33-36,39-47H,10-16,18-26,28-32H2,1-8H3,(H2,57,64)(H,58,67)(H,59,68)(H,60,66)/t36-,39-,40+,41-,42+,43+,44+,45+,46+,47+,55+,56-/m1/s1. The van der Waals surface area contributed by atoms with Crippen molar-refractivity contribution in [3.63, 3.8) is 0 Å². The lowest BCUT2D eigenvalue weighted by atomic mass is 9.47. The van der Waals surface area contributed by atoms with E-state index >= 15 is 0 Å². The number of allylic oxidation sites excluding steroid dienone is 2. The zero-order valence-corrected chi connectivity index (χ0v) is 44.3. The number of likely N-dealkylation sites (tertiary alicyclic amines) is 2. The Hall–Kier alpha value is -4.69. The Morgan fingerprint density at radius 3 is 2.21 bits per heavy atom. The Morgan fingerprint density at radius 2 is 1.52 bits per heavy atom. The van der Waals surface area contributed by atoms with Crippen molar-refractivity contribution >= 4 is 41.4 Å². The highest BCUT2D eigenvalue weighted by Gasteiger charge is 2.59. The number of nitrogens with one attached hydrogen (secondary N) is 3. The van der Waals surface area contributed by atoms with Gasteiger partial charge in [0.2, 0.25) is 29.5 Å². The van der Waals surface area contributed by atoms with Gasteiger partial charge in [0.1, 0.15) is 36.8 Å². The molecule has 0 unspecified atom stereocenters. The van der Waals surface area contributed by atoms with Crippen LogP contribution >= 0.6 is 0 Å². The number of nitrogens with zero attached hydrogens (tertiary/aromatic N) is 3. The summed E-state index contributed by atoms with van der Waals surface area (Å²) in [5, 5.41) is 8.38. The molecule has 0 aromatic heterocycles. The van der Waals surface area contributed by atoms with E-state index in [0.717, 1.165) is 49.4 Å². The largest absolute Gasteiger partial charge is 0.461 e. The fraction of sp³-hybridized carbons (Fsp3) is 0.768. The number of ether oxygens (including phenoxy) is 1. The predicted molar refractivity (Wildman–Crippen MR) is 272 cm³/mol. The molecule has 6 amide bonds. The highest BCUT2D eigenvalue weighted by Crippen LogP contribution is 2.67. The fourth-order valence-corrected chi connectivity index (χ4v) is 14.6. The fourth-order valence-electron chi connectivity index (χ4n) is 14.6. The molecule has 7 aliphatic rings. The highest BCUT2D eigenvalue weighted by atomic mass is 16.5. The number of hydrogen-bond acceptors (Lipinski definition) is 9. The highest BCUT2D eigenvalue weighted by molar-refractivity contribution is 5.99. The topological polar surface area (TPSA) is 201 Å². The van der Waals surface area contributed by atoms with Crippen LogP contribution in [0.3, 0.4) is 0 Å². The van der Waals surface area contributed by atoms with Gasteiger partial charge in [0, 0.05) is 44.8 Å². The molecule has 0 aromatic carbocycles. The molecule has 0 radical (unpaired) electrons. The first-order valence-corrected chi connectivity index (χ1v) is 27.5. The summed E-state index contributed by atoms with van der Waals surface area (Å²) in [5.74, 6) is 0.946. The Bertz CT molecular complexity index is 2100. The summed E-state index contributed by atoms with van der Waals surface area (Å²) >= 11 is 0. The lowest BCUT2D eigenvalue weighted by Crippen LogP contribution is -2.58. The number of primary amides is 1. The molecule has 3 heterocycles. The van der Waals surface area contributed by atoms with Crippen LogP contribution in [0.25, 0.3) is 0 Å². The van der Waals surface area contributed by atoms with Gasteiger partial charge in [-0.2, -0.15) is 0 Å². The number of carbonyl (C=O) groups is 7. The molecule has 3 aliphatic heterocycles. The Labute approximate surface area is 423 Å². The van der Waals surface area contributed by atoms with Crippen molar-refractivity contribution < 1.29 is 38.3 Å². The van der Waals surface area contributed by atoms with Crippen molar-refractivity contribution in [1.29, 1.82) is 0 Å². The summed E-state index contributed by atoms with van der Waals surface area (Å²) in [7, 11) is 1.82. The van der Waals surface area contributed by atoms with Gasteiger partial charge in [0.25, 0.3) is 5.91 Å². The van der Waals surface area contributed by atoms with Crippen LogP contribution in [0.5, 0.6) is 0 Å². The molecule has 0 aromatic rings. The SMILES string of the molecule is CC(C)CC[C@@H](C)[C@H]1CC[C@H]2[C@@H]3CC=C4C[C@H](OC(=O)CNC(=O)[C@@H]5CCCN5C(=O)[C@H](CC(C)C)NC(=O)[C@H](CCC(N)=O)NC(=O)[C@@H]5CCCN5C(=O)C5=CN(C)C=CC5)CC[C@]4(C)[C@H]3CC[C@]12C. The minimum Gasteiger partial charge on any atom is -0.461 e. The molecule has 71 heavy (non-hydrogen) atoms. The molecule has 15 nitrogen and oxygen atoms in total. The molecule has 12 atom stereocenters. The van der Waals surface area contributed by atoms with Gasteiger partial charge < -0.3 is 41.1 Å². The molecule has 5 fully saturated rings. The van der Waals surface area contributed by atoms with Gasteiger partial charge in [-0.3, -0.25) is 33.6 Å². The molecule has 0 bridgehead atoms. The molecule has 0 spiro atoms. The van der Waals surface area contributed by atoms with Crippen LogP contribution in [-0.2, 0) is 38.3 Å². The van der Waals surface area contributed by atoms with E-state index in [1.54, 1.807) is 11.1 Å². The number of amides is 6. The van der Waals surface area contributed by atoms with Gasteiger partial charge in [-0.1, -0.05) is 79.0 Å². The number of fused-ring (bicyclic) bond motifs is 5. The Kier molecular flexibility index (Phi) is 17.5. The molecule has 4 aliphatic carbocycles. The van der Waals surface area contributed by atoms with E-state index in [1.807, 2.05) is 33.2 Å². The Morgan fingerprint density at radius 1 is 0.803 bits per heavy atom. The van der Waals surface area contributed by atoms with Crippen molar-refractivity contribution in [2.45, 2.75) is 194 Å². The number of esters is 1. The average Bonchev–Trinajstić information content (AvgIpc) is 4.10. The first-order chi connectivity index (χ1) is 33.7. The first kappa shape index (κ1) is 54.1. The van der Waals surface area contributed by atoms with Crippen LogP contribution in [0.15, 0.2) is 35.7 Å². The van der Waals surface area contributed by atoms with E-state index in [1.165, 1.54) is 53.9 Å². The summed E-state index contributed by atoms with van der Waals surface area (Å²) in [6.45, 7) is 16.5. The third kappa shape index (κ3) is 12.2. The summed E-state index contributed by atoms with van der Waals surface area (Å²) < 4.78 is 6.06. The van der Waals surface area contributed by atoms with E-state index in [0.29, 0.717) is 61.5 Å². The monoisotopic (exact) mass is 986 g/mol. The normalized spacial score (nSPS) is 31.4. The van der Waals surface area contributed by atoms with Gasteiger partial charge in [-0.25, -0.2) is 0 Å². The molecule has 15 heteroatoms. The summed E-state index contributed by atoms with van der Waals surface area (Å²) in [6, 6.07) is -3.93. The van der Waals surface area contributed by atoms with Gasteiger partial charge in [-0.05, 0) is 148 Å². The van der Waals surface area contributed by atoms with Crippen LogP contribution < -0.4 is 21.7 Å². The van der Waals surface area contributed by atoms with Gasteiger partial charge >= 0.3 is 5.97 Å². The van der Waals surface area contributed by atoms with Crippen LogP contribution in [0, 0.1) is 52.3 Å². The van der Waals surface area contributed by atoms with Crippen LogP contribution in [-0.4, -0.2) is 113 Å². The maximum Gasteiger partial charge on any atom is 0.325 e. The third-order valence-corrected chi connectivity index (χ3v) is 18.3. The quantitative estimate of drug-likeness (QED) is 0.0807. The van der Waals surface area contributed by atoms with E-state index < -0.39 is 59.7 Å². The molecular weight excluding hydrogens is 899 g/mol. The molecule has 3 saturated carbocycles. The van der Waals surface area contributed by atoms with E-state index in [-0.39, 0.29) is 55.7 Å². The van der Waals surface area contributed by atoms with Crippen molar-refractivity contribution in [1.82, 2.24) is 30.7 Å². The van der Waals surface area contributed by atoms with Crippen LogP contribution in [0.2, 0.25) is 0 Å². The van der Waals surface area contributed by atoms with Gasteiger partial charge in [0.15, 0.2) is 0 Å². The molecule has 394 valence electrons. The van der Waals surface area contributed by atoms with Crippen molar-refractivity contribution in [2.24, 2.45) is 58.0 Å². The maximum absolute atomic E-state index is 14.3. The lowest BCUT2D eigenvalue weighted by molar-refractivity contribution is -0.152. The zero-order valence-electron chi connectivity index (χ0n) is 44.3. The van der Waals surface area contributed by atoms with Crippen LogP contribution in [0.4, 0.5) is 0 Å². The summed E-state index contributed by atoms with van der Waals surface area (Å²) in [6.07, 6.45) is 21.6.